The molecule has 2 aromatic rings. The second-order valence-corrected chi connectivity index (χ2v) is 9.32. The van der Waals surface area contributed by atoms with Crippen molar-refractivity contribution in [1.82, 2.24) is 4.90 Å². The van der Waals surface area contributed by atoms with Crippen molar-refractivity contribution >= 4 is 11.6 Å². The number of nitrogens with zero attached hydrogens (tertiary/aromatic N) is 2. The number of likely N-dealkylation sites (tertiary alicyclic amines) is 1. The molecule has 0 saturated carbocycles. The fraction of sp³-hybridized carbons (Fsp3) is 0.480. The van der Waals surface area contributed by atoms with Gasteiger partial charge in [0.05, 0.1) is 32.0 Å². The summed E-state index contributed by atoms with van der Waals surface area (Å²) in [6.07, 6.45) is -4.34. The Morgan fingerprint density at radius 2 is 1.62 bits per heavy atom. The second-order valence-electron chi connectivity index (χ2n) is 9.32. The minimum atomic E-state index is -4.34. The Kier molecular flexibility index (Phi) is 6.03. The van der Waals surface area contributed by atoms with E-state index in [2.05, 4.69) is 4.90 Å². The molecule has 182 valence electrons. The molecule has 5 rings (SSSR count). The lowest BCUT2D eigenvalue weighted by Gasteiger charge is -2.41. The summed E-state index contributed by atoms with van der Waals surface area (Å²) in [6.45, 7) is 3.74. The van der Waals surface area contributed by atoms with Gasteiger partial charge in [-0.3, -0.25) is 4.79 Å². The van der Waals surface area contributed by atoms with Gasteiger partial charge in [-0.25, -0.2) is 0 Å². The number of aliphatic hydroxyl groups is 1. The van der Waals surface area contributed by atoms with Gasteiger partial charge in [0.15, 0.2) is 0 Å². The molecular weight excluding hydrogens is 449 g/mol. The first-order chi connectivity index (χ1) is 16.3. The van der Waals surface area contributed by atoms with E-state index >= 15 is 0 Å². The number of aliphatic hydroxyl groups excluding tert-OH is 1. The zero-order chi connectivity index (χ0) is 23.9. The molecule has 0 bridgehead atoms. The quantitative estimate of drug-likeness (QED) is 0.694. The van der Waals surface area contributed by atoms with Crippen LogP contribution in [0.2, 0.25) is 0 Å². The van der Waals surface area contributed by atoms with Crippen molar-refractivity contribution in [2.45, 2.75) is 11.8 Å². The van der Waals surface area contributed by atoms with Gasteiger partial charge in [-0.2, -0.15) is 13.2 Å². The number of fused-ring (bicyclic) bond motifs is 1. The van der Waals surface area contributed by atoms with Gasteiger partial charge in [-0.1, -0.05) is 12.1 Å². The zero-order valence-corrected chi connectivity index (χ0v) is 18.6. The summed E-state index contributed by atoms with van der Waals surface area (Å²) >= 11 is 0. The lowest BCUT2D eigenvalue weighted by molar-refractivity contribution is -0.219. The fourth-order valence-corrected chi connectivity index (χ4v) is 5.19. The van der Waals surface area contributed by atoms with Crippen LogP contribution in [0.25, 0.3) is 0 Å². The molecule has 2 atom stereocenters. The van der Waals surface area contributed by atoms with Gasteiger partial charge in [0.2, 0.25) is 0 Å². The molecule has 0 spiro atoms. The lowest BCUT2D eigenvalue weighted by Crippen LogP contribution is -2.49. The molecule has 9 heteroatoms. The highest BCUT2D eigenvalue weighted by Crippen LogP contribution is 2.37. The first-order valence-electron chi connectivity index (χ1n) is 11.4. The van der Waals surface area contributed by atoms with Crippen LogP contribution in [-0.2, 0) is 21.3 Å². The van der Waals surface area contributed by atoms with Crippen LogP contribution in [0.4, 0.5) is 18.9 Å². The average Bonchev–Trinajstić information content (AvgIpc) is 3.37. The van der Waals surface area contributed by atoms with Crippen molar-refractivity contribution in [3.8, 4) is 0 Å². The van der Waals surface area contributed by atoms with Crippen molar-refractivity contribution in [2.24, 2.45) is 11.8 Å². The smallest absolute Gasteiger partial charge is 0.394 e. The molecule has 34 heavy (non-hydrogen) atoms. The summed E-state index contributed by atoms with van der Waals surface area (Å²) in [5, 5.41) is 9.06. The van der Waals surface area contributed by atoms with Crippen molar-refractivity contribution in [3.05, 3.63) is 65.2 Å². The number of carbonyl (C=O) groups is 1. The summed E-state index contributed by atoms with van der Waals surface area (Å²) in [4.78, 5) is 17.1. The van der Waals surface area contributed by atoms with E-state index in [0.29, 0.717) is 43.7 Å². The summed E-state index contributed by atoms with van der Waals surface area (Å²) in [5.41, 5.74) is 1.12. The summed E-state index contributed by atoms with van der Waals surface area (Å²) in [5.74, 6) is 0.581. The number of rotatable bonds is 6. The molecule has 0 radical (unpaired) electrons. The first kappa shape index (κ1) is 23.1. The highest BCUT2D eigenvalue weighted by atomic mass is 19.4. The van der Waals surface area contributed by atoms with Crippen LogP contribution in [0.3, 0.4) is 0 Å². The Balaban J connectivity index is 1.19. The standard InChI is InChI=1S/C25H27F3N2O4/c26-25(27,28)21-5-7-22(8-6-21)29-11-18-13-30(14-19(18)12-29)23(32)17-1-3-20(4-2-17)24(15-33-16-24)34-10-9-31/h1-8,18-19,31H,9-16H2. The molecule has 0 aliphatic carbocycles. The third-order valence-electron chi connectivity index (χ3n) is 7.13. The van der Waals surface area contributed by atoms with Gasteiger partial charge < -0.3 is 24.4 Å². The van der Waals surface area contributed by atoms with E-state index in [1.54, 1.807) is 0 Å². The van der Waals surface area contributed by atoms with Crippen LogP contribution in [0, 0.1) is 11.8 Å². The van der Waals surface area contributed by atoms with Crippen molar-refractivity contribution < 1.29 is 32.5 Å². The van der Waals surface area contributed by atoms with Gasteiger partial charge in [0.25, 0.3) is 5.91 Å². The molecule has 3 saturated heterocycles. The van der Waals surface area contributed by atoms with E-state index in [-0.39, 0.29) is 19.1 Å². The Labute approximate surface area is 195 Å². The molecule has 0 aromatic heterocycles. The molecule has 1 amide bonds. The lowest BCUT2D eigenvalue weighted by atomic mass is 9.91. The van der Waals surface area contributed by atoms with Gasteiger partial charge in [0, 0.05) is 49.3 Å². The van der Waals surface area contributed by atoms with Gasteiger partial charge in [-0.15, -0.1) is 0 Å². The van der Waals surface area contributed by atoms with Crippen LogP contribution in [0.15, 0.2) is 48.5 Å². The monoisotopic (exact) mass is 476 g/mol. The van der Waals surface area contributed by atoms with Gasteiger partial charge in [-0.05, 0) is 42.0 Å². The van der Waals surface area contributed by atoms with Crippen LogP contribution in [0.1, 0.15) is 21.5 Å². The molecular formula is C25H27F3N2O4. The molecule has 6 nitrogen and oxygen atoms in total. The number of amides is 1. The maximum absolute atomic E-state index is 13.1. The molecule has 3 heterocycles. The van der Waals surface area contributed by atoms with E-state index in [4.69, 9.17) is 14.6 Å². The van der Waals surface area contributed by atoms with Crippen molar-refractivity contribution in [3.63, 3.8) is 0 Å². The number of alkyl halides is 3. The first-order valence-corrected chi connectivity index (χ1v) is 11.4. The zero-order valence-electron chi connectivity index (χ0n) is 18.6. The van der Waals surface area contributed by atoms with Crippen molar-refractivity contribution in [2.75, 3.05) is 57.5 Å². The Hall–Kier alpha value is -2.62. The summed E-state index contributed by atoms with van der Waals surface area (Å²) in [7, 11) is 0. The second kappa shape index (κ2) is 8.87. The summed E-state index contributed by atoms with van der Waals surface area (Å²) < 4.78 is 49.6. The predicted octanol–water partition coefficient (Wildman–Crippen LogP) is 3.15. The maximum atomic E-state index is 13.1. The van der Waals surface area contributed by atoms with Crippen LogP contribution in [0.5, 0.6) is 0 Å². The molecule has 2 unspecified atom stereocenters. The molecule has 3 aliphatic heterocycles. The Bertz CT molecular complexity index is 1010. The number of ether oxygens (including phenoxy) is 2. The minimum Gasteiger partial charge on any atom is -0.394 e. The molecule has 3 aliphatic rings. The highest BCUT2D eigenvalue weighted by molar-refractivity contribution is 5.94. The third-order valence-corrected chi connectivity index (χ3v) is 7.13. The maximum Gasteiger partial charge on any atom is 0.416 e. The number of hydrogen-bond donors (Lipinski definition) is 1. The summed E-state index contributed by atoms with van der Waals surface area (Å²) in [6, 6.07) is 12.7. The van der Waals surface area contributed by atoms with E-state index in [1.807, 2.05) is 29.2 Å². The van der Waals surface area contributed by atoms with Crippen molar-refractivity contribution in [1.29, 1.82) is 0 Å². The van der Waals surface area contributed by atoms with Gasteiger partial charge in [0.1, 0.15) is 5.60 Å². The van der Waals surface area contributed by atoms with E-state index in [0.717, 1.165) is 36.5 Å². The number of halogens is 3. The van der Waals surface area contributed by atoms with Gasteiger partial charge >= 0.3 is 6.18 Å². The topological polar surface area (TPSA) is 62.2 Å². The highest BCUT2D eigenvalue weighted by Gasteiger charge is 2.43. The normalized spacial score (nSPS) is 23.6. The van der Waals surface area contributed by atoms with E-state index in [1.165, 1.54) is 12.1 Å². The average molecular weight is 476 g/mol. The Morgan fingerprint density at radius 1 is 1.00 bits per heavy atom. The SMILES string of the molecule is O=C(c1ccc(C2(OCCO)COC2)cc1)N1CC2CN(c3ccc(C(F)(F)F)cc3)CC2C1. The predicted molar refractivity (Wildman–Crippen MR) is 119 cm³/mol. The molecule has 2 aromatic carbocycles. The number of hydrogen-bond acceptors (Lipinski definition) is 5. The number of benzene rings is 2. The fourth-order valence-electron chi connectivity index (χ4n) is 5.19. The van der Waals surface area contributed by atoms with Crippen LogP contribution >= 0.6 is 0 Å². The number of carbonyl (C=O) groups excluding carboxylic acids is 1. The number of anilines is 1. The van der Waals surface area contributed by atoms with E-state index < -0.39 is 17.3 Å². The minimum absolute atomic E-state index is 0.0165. The molecule has 1 N–H and O–H groups in total. The third kappa shape index (κ3) is 4.28. The Morgan fingerprint density at radius 3 is 2.12 bits per heavy atom. The van der Waals surface area contributed by atoms with Crippen LogP contribution in [-0.4, -0.2) is 68.5 Å². The molecule has 3 fully saturated rings. The van der Waals surface area contributed by atoms with E-state index in [9.17, 15) is 18.0 Å². The largest absolute Gasteiger partial charge is 0.416 e. The van der Waals surface area contributed by atoms with Crippen LogP contribution < -0.4 is 4.90 Å².